The molecule has 0 atom stereocenters. The van der Waals surface area contributed by atoms with Crippen LogP contribution in [-0.2, 0) is 0 Å². The zero-order valence-corrected chi connectivity index (χ0v) is 31.0. The Morgan fingerprint density at radius 1 is 0.349 bits per heavy atom. The summed E-state index contributed by atoms with van der Waals surface area (Å²) in [6.45, 7) is 7.93. The lowest BCUT2D eigenvalue weighted by Gasteiger charge is -2.42. The van der Waals surface area contributed by atoms with Crippen molar-refractivity contribution in [2.45, 2.75) is 232 Å². The minimum atomic E-state index is -1.63. The number of nitrogens with zero attached hydrogens (tertiary/aromatic N) is 1. The molecule has 262 valence electrons. The number of quaternary nitrogens is 1. The molecule has 0 saturated carbocycles. The fourth-order valence-corrected chi connectivity index (χ4v) is 6.55. The number of halogens is 1. The molecule has 0 fully saturated rings. The number of aliphatic hydroxyl groups is 2. The third-order valence-electron chi connectivity index (χ3n) is 10.0. The molecular weight excluding hydrogens is 550 g/mol. The molecule has 43 heavy (non-hydrogen) atoms. The second kappa shape index (κ2) is 33.5. The maximum atomic E-state index is 10.5. The molecular formula is C39H82ClNO2. The Hall–Kier alpha value is 0.170. The summed E-state index contributed by atoms with van der Waals surface area (Å²) >= 11 is 0. The number of hydrogen-bond donors (Lipinski definition) is 2. The van der Waals surface area contributed by atoms with Gasteiger partial charge in [-0.25, -0.2) is 0 Å². The molecule has 0 amide bonds. The molecule has 0 aromatic carbocycles. The largest absolute Gasteiger partial charge is 1.00 e. The van der Waals surface area contributed by atoms with E-state index in [1.807, 2.05) is 0 Å². The highest BCUT2D eigenvalue weighted by atomic mass is 35.5. The standard InChI is InChI=1S/C39H82NO2.ClH/c1-5-7-9-11-13-15-17-19-21-23-25-27-29-31-33-35-37-40(4,39(3,41)42)38-36-34-32-30-28-26-24-22-20-18-16-14-12-10-8-6-2;/h41-42H,5-38H2,1-4H3;1H/q+1;/p-1. The second-order valence-corrected chi connectivity index (χ2v) is 14.4. The van der Waals surface area contributed by atoms with Crippen molar-refractivity contribution in [2.75, 3.05) is 20.1 Å². The highest BCUT2D eigenvalue weighted by molar-refractivity contribution is 4.54. The summed E-state index contributed by atoms with van der Waals surface area (Å²) in [6, 6.07) is 0. The van der Waals surface area contributed by atoms with Gasteiger partial charge in [-0.1, -0.05) is 194 Å². The SMILES string of the molecule is CCCCCCCCCCCCCCCCCC[N+](C)(CCCCCCCCCCCCCCCCCC)C(C)(O)O.[Cl-]. The van der Waals surface area contributed by atoms with Gasteiger partial charge in [-0.05, 0) is 25.7 Å². The molecule has 0 radical (unpaired) electrons. The summed E-state index contributed by atoms with van der Waals surface area (Å²) in [5.74, 6) is -1.63. The number of hydrogen-bond acceptors (Lipinski definition) is 2. The minimum absolute atomic E-state index is 0. The molecule has 0 aromatic rings. The predicted octanol–water partition coefficient (Wildman–Crippen LogP) is 9.62. The third-order valence-corrected chi connectivity index (χ3v) is 10.0. The zero-order chi connectivity index (χ0) is 31.0. The maximum absolute atomic E-state index is 10.5. The summed E-state index contributed by atoms with van der Waals surface area (Å²) in [5.41, 5.74) is 0. The normalized spacial score (nSPS) is 12.1. The van der Waals surface area contributed by atoms with Crippen molar-refractivity contribution in [2.24, 2.45) is 0 Å². The van der Waals surface area contributed by atoms with Crippen LogP contribution in [-0.4, -0.2) is 40.7 Å². The minimum Gasteiger partial charge on any atom is -1.00 e. The van der Waals surface area contributed by atoms with E-state index >= 15 is 0 Å². The Morgan fingerprint density at radius 3 is 0.674 bits per heavy atom. The van der Waals surface area contributed by atoms with Gasteiger partial charge < -0.3 is 22.6 Å². The molecule has 4 heteroatoms. The van der Waals surface area contributed by atoms with E-state index in [2.05, 4.69) is 20.9 Å². The maximum Gasteiger partial charge on any atom is 0.310 e. The lowest BCUT2D eigenvalue weighted by atomic mass is 10.0. The van der Waals surface area contributed by atoms with Crippen molar-refractivity contribution in [3.05, 3.63) is 0 Å². The lowest BCUT2D eigenvalue weighted by Crippen LogP contribution is -3.00. The van der Waals surface area contributed by atoms with Gasteiger partial charge in [-0.3, -0.25) is 4.48 Å². The van der Waals surface area contributed by atoms with Gasteiger partial charge in [0.2, 0.25) is 0 Å². The average Bonchev–Trinajstić information content (AvgIpc) is 2.96. The van der Waals surface area contributed by atoms with Crippen molar-refractivity contribution < 1.29 is 27.1 Å². The monoisotopic (exact) mass is 632 g/mol. The van der Waals surface area contributed by atoms with Gasteiger partial charge >= 0.3 is 5.91 Å². The number of unbranched alkanes of at least 4 members (excludes halogenated alkanes) is 30. The Labute approximate surface area is 278 Å². The summed E-state index contributed by atoms with van der Waals surface area (Å²) in [6.07, 6.45) is 44.0. The predicted molar refractivity (Wildman–Crippen MR) is 188 cm³/mol. The van der Waals surface area contributed by atoms with Crippen molar-refractivity contribution in [1.82, 2.24) is 0 Å². The van der Waals surface area contributed by atoms with Gasteiger partial charge in [-0.15, -0.1) is 0 Å². The van der Waals surface area contributed by atoms with Gasteiger partial charge in [0.25, 0.3) is 0 Å². The highest BCUT2D eigenvalue weighted by Gasteiger charge is 2.39. The van der Waals surface area contributed by atoms with Crippen molar-refractivity contribution in [3.63, 3.8) is 0 Å². The second-order valence-electron chi connectivity index (χ2n) is 14.4. The van der Waals surface area contributed by atoms with Gasteiger partial charge in [0.05, 0.1) is 20.1 Å². The molecule has 0 aliphatic rings. The van der Waals surface area contributed by atoms with Crippen LogP contribution < -0.4 is 12.4 Å². The van der Waals surface area contributed by atoms with E-state index in [9.17, 15) is 10.2 Å². The molecule has 2 N–H and O–H groups in total. The van der Waals surface area contributed by atoms with E-state index in [1.165, 1.54) is 193 Å². The summed E-state index contributed by atoms with van der Waals surface area (Å²) < 4.78 is 0.379. The first-order valence-corrected chi connectivity index (χ1v) is 19.7. The van der Waals surface area contributed by atoms with E-state index in [4.69, 9.17) is 0 Å². The van der Waals surface area contributed by atoms with E-state index in [0.29, 0.717) is 4.48 Å². The Morgan fingerprint density at radius 2 is 0.512 bits per heavy atom. The fourth-order valence-electron chi connectivity index (χ4n) is 6.55. The highest BCUT2D eigenvalue weighted by Crippen LogP contribution is 2.22. The van der Waals surface area contributed by atoms with Crippen molar-refractivity contribution in [1.29, 1.82) is 0 Å². The van der Waals surface area contributed by atoms with E-state index < -0.39 is 5.91 Å². The van der Waals surface area contributed by atoms with E-state index in [0.717, 1.165) is 25.9 Å². The smallest absolute Gasteiger partial charge is 0.310 e. The van der Waals surface area contributed by atoms with Crippen LogP contribution in [0.25, 0.3) is 0 Å². The summed E-state index contributed by atoms with van der Waals surface area (Å²) in [4.78, 5) is 0. The fraction of sp³-hybridized carbons (Fsp3) is 1.00. The van der Waals surface area contributed by atoms with Crippen LogP contribution in [0.3, 0.4) is 0 Å². The van der Waals surface area contributed by atoms with Crippen LogP contribution in [0.4, 0.5) is 0 Å². The molecule has 0 spiro atoms. The molecule has 3 nitrogen and oxygen atoms in total. The molecule has 0 aromatic heterocycles. The Bertz CT molecular complexity index is 486. The summed E-state index contributed by atoms with van der Waals surface area (Å²) in [5, 5.41) is 21.0. The molecule has 0 aliphatic heterocycles. The van der Waals surface area contributed by atoms with E-state index in [1.54, 1.807) is 6.92 Å². The molecule has 0 saturated heterocycles. The van der Waals surface area contributed by atoms with Crippen molar-refractivity contribution >= 4 is 0 Å². The first-order valence-electron chi connectivity index (χ1n) is 19.7. The van der Waals surface area contributed by atoms with Crippen LogP contribution in [0.5, 0.6) is 0 Å². The average molecular weight is 633 g/mol. The molecule has 0 bridgehead atoms. The molecule has 0 heterocycles. The quantitative estimate of drug-likeness (QED) is 0.0415. The van der Waals surface area contributed by atoms with Gasteiger partial charge in [0.15, 0.2) is 0 Å². The van der Waals surface area contributed by atoms with Crippen LogP contribution in [0.1, 0.15) is 226 Å². The van der Waals surface area contributed by atoms with Gasteiger partial charge in [-0.2, -0.15) is 0 Å². The van der Waals surface area contributed by atoms with E-state index in [-0.39, 0.29) is 12.4 Å². The molecule has 0 aliphatic carbocycles. The molecule has 0 unspecified atom stereocenters. The van der Waals surface area contributed by atoms with Crippen LogP contribution in [0.15, 0.2) is 0 Å². The first-order chi connectivity index (χ1) is 20.4. The van der Waals surface area contributed by atoms with Crippen LogP contribution in [0, 0.1) is 0 Å². The first kappa shape index (κ1) is 45.3. The lowest BCUT2D eigenvalue weighted by molar-refractivity contribution is -1.01. The van der Waals surface area contributed by atoms with Gasteiger partial charge in [0.1, 0.15) is 0 Å². The van der Waals surface area contributed by atoms with Crippen molar-refractivity contribution in [3.8, 4) is 0 Å². The third kappa shape index (κ3) is 30.6. The van der Waals surface area contributed by atoms with Crippen LogP contribution >= 0.6 is 0 Å². The topological polar surface area (TPSA) is 40.5 Å². The number of rotatable bonds is 35. The van der Waals surface area contributed by atoms with Crippen LogP contribution in [0.2, 0.25) is 0 Å². The Balaban J connectivity index is 0. The Kier molecular flexibility index (Phi) is 35.3. The summed E-state index contributed by atoms with van der Waals surface area (Å²) in [7, 11) is 2.05. The zero-order valence-electron chi connectivity index (χ0n) is 30.3. The molecule has 0 rings (SSSR count). The van der Waals surface area contributed by atoms with Gasteiger partial charge in [0, 0.05) is 6.92 Å².